The molecular weight excluding hydrogens is 411 g/mol. The number of halogens is 1. The molecule has 2 aromatic heterocycles. The van der Waals surface area contributed by atoms with Crippen molar-refractivity contribution in [3.63, 3.8) is 0 Å². The van der Waals surface area contributed by atoms with Gasteiger partial charge in [0, 0.05) is 10.4 Å². The van der Waals surface area contributed by atoms with E-state index in [-0.39, 0.29) is 11.7 Å². The Labute approximate surface area is 185 Å². The highest BCUT2D eigenvalue weighted by Crippen LogP contribution is 2.47. The van der Waals surface area contributed by atoms with Gasteiger partial charge >= 0.3 is 0 Å². The van der Waals surface area contributed by atoms with Crippen LogP contribution in [0.4, 0.5) is 9.39 Å². The molecule has 2 aliphatic rings. The van der Waals surface area contributed by atoms with Gasteiger partial charge in [0.05, 0.1) is 5.56 Å². The summed E-state index contributed by atoms with van der Waals surface area (Å²) >= 11 is 1.72. The molecule has 0 radical (unpaired) electrons. The first kappa shape index (κ1) is 20.3. The molecule has 1 aromatic carbocycles. The lowest BCUT2D eigenvalue weighted by atomic mass is 9.69. The first-order chi connectivity index (χ1) is 14.9. The molecule has 0 spiro atoms. The molecule has 2 atom stereocenters. The summed E-state index contributed by atoms with van der Waals surface area (Å²) in [6, 6.07) is 9.90. The van der Waals surface area contributed by atoms with E-state index in [4.69, 9.17) is 4.42 Å². The van der Waals surface area contributed by atoms with Crippen molar-refractivity contribution in [3.05, 3.63) is 64.0 Å². The Kier molecular flexibility index (Phi) is 4.93. The van der Waals surface area contributed by atoms with E-state index in [1.54, 1.807) is 23.5 Å². The Morgan fingerprint density at radius 2 is 1.94 bits per heavy atom. The van der Waals surface area contributed by atoms with E-state index in [9.17, 15) is 9.18 Å². The zero-order valence-electron chi connectivity index (χ0n) is 18.0. The number of fused-ring (bicyclic) bond motifs is 3. The molecule has 6 heteroatoms. The van der Waals surface area contributed by atoms with Crippen LogP contribution in [0.3, 0.4) is 0 Å². The highest BCUT2D eigenvalue weighted by molar-refractivity contribution is 7.16. The van der Waals surface area contributed by atoms with E-state index in [1.807, 2.05) is 12.1 Å². The number of rotatable bonds is 4. The van der Waals surface area contributed by atoms with Gasteiger partial charge in [-0.05, 0) is 72.6 Å². The molecule has 5 rings (SSSR count). The van der Waals surface area contributed by atoms with E-state index in [0.29, 0.717) is 22.9 Å². The average molecular weight is 439 g/mol. The van der Waals surface area contributed by atoms with Gasteiger partial charge in [-0.25, -0.2) is 4.39 Å². The summed E-state index contributed by atoms with van der Waals surface area (Å²) < 4.78 is 19.2. The molecule has 3 aromatic rings. The van der Waals surface area contributed by atoms with Crippen LogP contribution in [-0.4, -0.2) is 5.91 Å². The summed E-state index contributed by atoms with van der Waals surface area (Å²) in [5, 5.41) is 7.47. The van der Waals surface area contributed by atoms with Crippen molar-refractivity contribution in [3.8, 4) is 11.3 Å². The predicted octanol–water partition coefficient (Wildman–Crippen LogP) is 6.54. The minimum atomic E-state index is -0.419. The average Bonchev–Trinajstić information content (AvgIpc) is 3.38. The third-order valence-corrected chi connectivity index (χ3v) is 8.29. The highest BCUT2D eigenvalue weighted by atomic mass is 32.1. The molecule has 0 unspecified atom stereocenters. The van der Waals surface area contributed by atoms with Crippen LogP contribution in [0.1, 0.15) is 66.3 Å². The van der Waals surface area contributed by atoms with Crippen LogP contribution >= 0.6 is 11.3 Å². The minimum absolute atomic E-state index is 0.0378. The van der Waals surface area contributed by atoms with E-state index >= 15 is 0 Å². The zero-order chi connectivity index (χ0) is 21.8. The largest absolute Gasteiger partial charge is 0.457 e. The van der Waals surface area contributed by atoms with Crippen molar-refractivity contribution >= 4 is 22.2 Å². The number of hydrogen-bond acceptors (Lipinski definition) is 4. The second-order valence-electron chi connectivity index (χ2n) is 9.25. The van der Waals surface area contributed by atoms with Crippen molar-refractivity contribution < 1.29 is 13.6 Å². The number of carbonyl (C=O) groups is 1. The molecule has 3 heterocycles. The number of anilines is 1. The number of hydrogen-bond donors (Lipinski definition) is 2. The van der Waals surface area contributed by atoms with Crippen LogP contribution in [0.25, 0.3) is 11.3 Å². The molecular formula is C25H27FN2O2S. The van der Waals surface area contributed by atoms with Crippen LogP contribution in [-0.2, 0) is 12.8 Å². The van der Waals surface area contributed by atoms with Crippen LogP contribution in [0, 0.1) is 17.2 Å². The third kappa shape index (κ3) is 3.57. The van der Waals surface area contributed by atoms with Crippen molar-refractivity contribution in [1.29, 1.82) is 0 Å². The maximum absolute atomic E-state index is 13.2. The van der Waals surface area contributed by atoms with E-state index < -0.39 is 6.17 Å². The molecule has 1 aliphatic heterocycles. The standard InChI is InChI=1S/C25H27FN2O2S/c1-4-25(2,3)15-7-10-17-20(13-15)31-24-21(17)23(29)27-22(28-24)19-12-11-18(30-19)14-5-8-16(26)9-6-14/h5-6,8-9,11-12,15,22,28H,4,7,10,13H2,1-3H3,(H,27,29)/t15-,22-/m0/s1. The fourth-order valence-electron chi connectivity index (χ4n) is 4.67. The van der Waals surface area contributed by atoms with E-state index in [2.05, 4.69) is 31.4 Å². The molecule has 0 bridgehead atoms. The second-order valence-corrected chi connectivity index (χ2v) is 10.4. The van der Waals surface area contributed by atoms with Crippen molar-refractivity contribution in [1.82, 2.24) is 5.32 Å². The summed E-state index contributed by atoms with van der Waals surface area (Å²) in [7, 11) is 0. The van der Waals surface area contributed by atoms with Crippen LogP contribution in [0.5, 0.6) is 0 Å². The summed E-state index contributed by atoms with van der Waals surface area (Å²) in [6.07, 6.45) is 3.88. The zero-order valence-corrected chi connectivity index (χ0v) is 18.9. The van der Waals surface area contributed by atoms with Gasteiger partial charge in [-0.15, -0.1) is 11.3 Å². The Bertz CT molecular complexity index is 1130. The van der Waals surface area contributed by atoms with Gasteiger partial charge in [0.15, 0.2) is 6.17 Å². The summed E-state index contributed by atoms with van der Waals surface area (Å²) in [6.45, 7) is 6.97. The van der Waals surface area contributed by atoms with Crippen molar-refractivity contribution in [2.45, 2.75) is 52.6 Å². The quantitative estimate of drug-likeness (QED) is 0.486. The molecule has 1 aliphatic carbocycles. The first-order valence-electron chi connectivity index (χ1n) is 10.9. The number of furan rings is 1. The Balaban J connectivity index is 1.40. The number of nitrogens with one attached hydrogen (secondary N) is 2. The normalized spacial score (nSPS) is 20.6. The maximum Gasteiger partial charge on any atom is 0.256 e. The van der Waals surface area contributed by atoms with Gasteiger partial charge in [0.2, 0.25) is 0 Å². The molecule has 0 fully saturated rings. The number of amides is 1. The Hall–Kier alpha value is -2.60. The summed E-state index contributed by atoms with van der Waals surface area (Å²) in [5.74, 6) is 1.61. The monoisotopic (exact) mass is 438 g/mol. The van der Waals surface area contributed by atoms with E-state index in [0.717, 1.165) is 41.8 Å². The van der Waals surface area contributed by atoms with Gasteiger partial charge in [-0.3, -0.25) is 4.79 Å². The molecule has 0 saturated heterocycles. The molecule has 162 valence electrons. The van der Waals surface area contributed by atoms with Crippen molar-refractivity contribution in [2.75, 3.05) is 5.32 Å². The van der Waals surface area contributed by atoms with Crippen LogP contribution < -0.4 is 10.6 Å². The van der Waals surface area contributed by atoms with Gasteiger partial charge in [-0.2, -0.15) is 0 Å². The molecule has 1 amide bonds. The fourth-order valence-corrected chi connectivity index (χ4v) is 6.03. The van der Waals surface area contributed by atoms with Crippen molar-refractivity contribution in [2.24, 2.45) is 11.3 Å². The fraction of sp³-hybridized carbons (Fsp3) is 0.400. The van der Waals surface area contributed by atoms with Gasteiger partial charge < -0.3 is 15.1 Å². The lowest BCUT2D eigenvalue weighted by Crippen LogP contribution is -2.38. The third-order valence-electron chi connectivity index (χ3n) is 7.10. The van der Waals surface area contributed by atoms with Gasteiger partial charge in [0.1, 0.15) is 22.3 Å². The van der Waals surface area contributed by atoms with Gasteiger partial charge in [-0.1, -0.05) is 27.2 Å². The van der Waals surface area contributed by atoms with Gasteiger partial charge in [0.25, 0.3) is 5.91 Å². The topological polar surface area (TPSA) is 54.3 Å². The molecule has 0 saturated carbocycles. The molecule has 4 nitrogen and oxygen atoms in total. The first-order valence-corrected chi connectivity index (χ1v) is 11.7. The lowest BCUT2D eigenvalue weighted by molar-refractivity contribution is 0.0930. The number of thiophene rings is 1. The Morgan fingerprint density at radius 1 is 1.16 bits per heavy atom. The van der Waals surface area contributed by atoms with Crippen LogP contribution in [0.15, 0.2) is 40.8 Å². The summed E-state index contributed by atoms with van der Waals surface area (Å²) in [4.78, 5) is 14.4. The number of benzene rings is 1. The van der Waals surface area contributed by atoms with Crippen LogP contribution in [0.2, 0.25) is 0 Å². The highest BCUT2D eigenvalue weighted by Gasteiger charge is 2.37. The lowest BCUT2D eigenvalue weighted by Gasteiger charge is -2.36. The van der Waals surface area contributed by atoms with E-state index in [1.165, 1.54) is 22.6 Å². The second kappa shape index (κ2) is 7.52. The maximum atomic E-state index is 13.2. The molecule has 31 heavy (non-hydrogen) atoms. The Morgan fingerprint density at radius 3 is 2.68 bits per heavy atom. The smallest absolute Gasteiger partial charge is 0.256 e. The molecule has 2 N–H and O–H groups in total. The SMILES string of the molecule is CCC(C)(C)[C@H]1CCc2c(sc3c2C(=O)N[C@H](c2ccc(-c4ccc(F)cc4)o2)N3)C1. The number of carbonyl (C=O) groups excluding carboxylic acids is 1. The summed E-state index contributed by atoms with van der Waals surface area (Å²) in [5.41, 5.74) is 3.14. The minimum Gasteiger partial charge on any atom is -0.457 e. The predicted molar refractivity (Wildman–Crippen MR) is 122 cm³/mol.